The average molecular weight is 275 g/mol. The lowest BCUT2D eigenvalue weighted by molar-refractivity contribution is -0.0400. The third-order valence-electron chi connectivity index (χ3n) is 3.16. The van der Waals surface area contributed by atoms with E-state index in [9.17, 15) is 13.6 Å². The Hall–Kier alpha value is -1.66. The standard InChI is InChI=1S/C12H15F2NO4/c1-2-18-11-8(10(16)17)15-9(19-11)7-3-5-12(13,14)6-4-7/h7H,2-6H2,1H3,(H,16,17). The van der Waals surface area contributed by atoms with Crippen molar-refractivity contribution in [2.24, 2.45) is 0 Å². The van der Waals surface area contributed by atoms with Gasteiger partial charge in [-0.2, -0.15) is 0 Å². The van der Waals surface area contributed by atoms with Gasteiger partial charge in [-0.1, -0.05) is 0 Å². The van der Waals surface area contributed by atoms with E-state index in [1.807, 2.05) is 0 Å². The molecule has 5 nitrogen and oxygen atoms in total. The first-order valence-electron chi connectivity index (χ1n) is 6.17. The number of aromatic nitrogens is 1. The van der Waals surface area contributed by atoms with Crippen LogP contribution in [0.1, 0.15) is 54.9 Å². The van der Waals surface area contributed by atoms with Crippen molar-refractivity contribution in [2.45, 2.75) is 44.4 Å². The van der Waals surface area contributed by atoms with Crippen molar-refractivity contribution in [3.63, 3.8) is 0 Å². The van der Waals surface area contributed by atoms with Crippen LogP contribution in [0.3, 0.4) is 0 Å². The second kappa shape index (κ2) is 5.14. The van der Waals surface area contributed by atoms with Crippen LogP contribution in [-0.4, -0.2) is 28.6 Å². The number of aromatic carboxylic acids is 1. The van der Waals surface area contributed by atoms with Gasteiger partial charge in [-0.25, -0.2) is 18.6 Å². The van der Waals surface area contributed by atoms with Gasteiger partial charge in [-0.15, -0.1) is 0 Å². The highest BCUT2D eigenvalue weighted by atomic mass is 19.3. The van der Waals surface area contributed by atoms with E-state index in [-0.39, 0.29) is 55.7 Å². The van der Waals surface area contributed by atoms with Crippen LogP contribution in [0.25, 0.3) is 0 Å². The van der Waals surface area contributed by atoms with Crippen molar-refractivity contribution in [2.75, 3.05) is 6.61 Å². The summed E-state index contributed by atoms with van der Waals surface area (Å²) in [6.07, 6.45) is 0.00904. The molecule has 1 saturated carbocycles. The van der Waals surface area contributed by atoms with E-state index in [1.54, 1.807) is 6.92 Å². The van der Waals surface area contributed by atoms with Crippen molar-refractivity contribution in [3.05, 3.63) is 11.6 Å². The highest BCUT2D eigenvalue weighted by Gasteiger charge is 2.38. The maximum absolute atomic E-state index is 13.1. The predicted molar refractivity (Wildman–Crippen MR) is 60.8 cm³/mol. The molecule has 0 spiro atoms. The van der Waals surface area contributed by atoms with Gasteiger partial charge in [0.15, 0.2) is 0 Å². The molecule has 0 bridgehead atoms. The Bertz CT molecular complexity index is 462. The molecule has 0 atom stereocenters. The Labute approximate surface area is 108 Å². The molecule has 1 N–H and O–H groups in total. The Morgan fingerprint density at radius 3 is 2.68 bits per heavy atom. The number of carbonyl (C=O) groups is 1. The first-order valence-corrected chi connectivity index (χ1v) is 6.17. The van der Waals surface area contributed by atoms with Crippen LogP contribution >= 0.6 is 0 Å². The molecule has 1 aliphatic carbocycles. The van der Waals surface area contributed by atoms with Crippen LogP contribution < -0.4 is 4.74 Å². The number of oxazole rings is 1. The molecule has 1 aromatic rings. The third kappa shape index (κ3) is 3.02. The number of hydrogen-bond acceptors (Lipinski definition) is 4. The molecule has 0 unspecified atom stereocenters. The van der Waals surface area contributed by atoms with E-state index in [0.717, 1.165) is 0 Å². The molecule has 1 fully saturated rings. The number of nitrogens with zero attached hydrogens (tertiary/aromatic N) is 1. The van der Waals surface area contributed by atoms with E-state index >= 15 is 0 Å². The van der Waals surface area contributed by atoms with Crippen LogP contribution in [0.15, 0.2) is 4.42 Å². The average Bonchev–Trinajstić information content (AvgIpc) is 2.73. The smallest absolute Gasteiger partial charge is 0.362 e. The van der Waals surface area contributed by atoms with E-state index in [2.05, 4.69) is 4.98 Å². The summed E-state index contributed by atoms with van der Waals surface area (Å²) in [7, 11) is 0. The highest BCUT2D eigenvalue weighted by molar-refractivity contribution is 5.87. The van der Waals surface area contributed by atoms with Gasteiger partial charge in [0.05, 0.1) is 6.61 Å². The van der Waals surface area contributed by atoms with Crippen molar-refractivity contribution < 1.29 is 27.8 Å². The maximum Gasteiger partial charge on any atom is 0.362 e. The second-order valence-corrected chi connectivity index (χ2v) is 4.56. The van der Waals surface area contributed by atoms with Gasteiger partial charge in [0.1, 0.15) is 0 Å². The molecule has 0 aromatic carbocycles. The lowest BCUT2D eigenvalue weighted by atomic mass is 9.87. The Balaban J connectivity index is 2.17. The van der Waals surface area contributed by atoms with E-state index < -0.39 is 11.9 Å². The normalized spacial score (nSPS) is 19.3. The summed E-state index contributed by atoms with van der Waals surface area (Å²) in [5.41, 5.74) is -0.297. The largest absolute Gasteiger partial charge is 0.476 e. The van der Waals surface area contributed by atoms with E-state index in [1.165, 1.54) is 0 Å². The van der Waals surface area contributed by atoms with Crippen molar-refractivity contribution in [1.29, 1.82) is 0 Å². The summed E-state index contributed by atoms with van der Waals surface area (Å²) in [5, 5.41) is 8.96. The molecule has 0 amide bonds. The summed E-state index contributed by atoms with van der Waals surface area (Å²) in [4.78, 5) is 14.8. The van der Waals surface area contributed by atoms with Crippen molar-refractivity contribution >= 4 is 5.97 Å². The number of rotatable bonds is 4. The minimum Gasteiger partial charge on any atom is -0.476 e. The number of hydrogen-bond donors (Lipinski definition) is 1. The fraction of sp³-hybridized carbons (Fsp3) is 0.667. The molecule has 0 saturated heterocycles. The molecule has 7 heteroatoms. The molecule has 1 aromatic heterocycles. The van der Waals surface area contributed by atoms with Crippen molar-refractivity contribution in [1.82, 2.24) is 4.98 Å². The number of carboxylic acids is 1. The third-order valence-corrected chi connectivity index (χ3v) is 3.16. The fourth-order valence-electron chi connectivity index (χ4n) is 2.15. The zero-order valence-electron chi connectivity index (χ0n) is 10.5. The molecule has 19 heavy (non-hydrogen) atoms. The van der Waals surface area contributed by atoms with Gasteiger partial charge in [0.25, 0.3) is 0 Å². The zero-order chi connectivity index (χ0) is 14.0. The Morgan fingerprint density at radius 1 is 1.53 bits per heavy atom. The summed E-state index contributed by atoms with van der Waals surface area (Å²) in [6.45, 7) is 1.94. The van der Waals surface area contributed by atoms with Crippen LogP contribution in [-0.2, 0) is 0 Å². The summed E-state index contributed by atoms with van der Waals surface area (Å²) >= 11 is 0. The van der Waals surface area contributed by atoms with Crippen molar-refractivity contribution in [3.8, 4) is 5.95 Å². The molecule has 106 valence electrons. The minimum atomic E-state index is -2.64. The number of carboxylic acid groups (broad SMARTS) is 1. The molecular weight excluding hydrogens is 260 g/mol. The lowest BCUT2D eigenvalue weighted by Gasteiger charge is -2.26. The number of ether oxygens (including phenoxy) is 1. The molecule has 2 rings (SSSR count). The summed E-state index contributed by atoms with van der Waals surface area (Å²) in [6, 6.07) is 0. The van der Waals surface area contributed by atoms with E-state index in [4.69, 9.17) is 14.3 Å². The van der Waals surface area contributed by atoms with Gasteiger partial charge in [0, 0.05) is 18.8 Å². The van der Waals surface area contributed by atoms with Crippen LogP contribution in [0.2, 0.25) is 0 Å². The maximum atomic E-state index is 13.1. The molecule has 0 aliphatic heterocycles. The van der Waals surface area contributed by atoms with Gasteiger partial charge in [0.2, 0.25) is 17.5 Å². The van der Waals surface area contributed by atoms with Gasteiger partial charge in [-0.3, -0.25) is 0 Å². The number of alkyl halides is 2. The SMILES string of the molecule is CCOc1oc(C2CCC(F)(F)CC2)nc1C(=O)O. The Kier molecular flexibility index (Phi) is 3.73. The van der Waals surface area contributed by atoms with E-state index in [0.29, 0.717) is 0 Å². The fourth-order valence-corrected chi connectivity index (χ4v) is 2.15. The topological polar surface area (TPSA) is 72.6 Å². The number of halogens is 2. The highest BCUT2D eigenvalue weighted by Crippen LogP contribution is 2.41. The summed E-state index contributed by atoms with van der Waals surface area (Å²) in [5.74, 6) is -4.13. The monoisotopic (exact) mass is 275 g/mol. The lowest BCUT2D eigenvalue weighted by Crippen LogP contribution is -2.23. The predicted octanol–water partition coefficient (Wildman–Crippen LogP) is 3.06. The summed E-state index contributed by atoms with van der Waals surface area (Å²) < 4.78 is 36.4. The van der Waals surface area contributed by atoms with Gasteiger partial charge in [-0.05, 0) is 19.8 Å². The zero-order valence-corrected chi connectivity index (χ0v) is 10.5. The first kappa shape index (κ1) is 13.8. The van der Waals surface area contributed by atoms with Crippen LogP contribution in [0, 0.1) is 0 Å². The van der Waals surface area contributed by atoms with Crippen LogP contribution in [0.4, 0.5) is 8.78 Å². The quantitative estimate of drug-likeness (QED) is 0.914. The minimum absolute atomic E-state index is 0.151. The van der Waals surface area contributed by atoms with Gasteiger partial charge >= 0.3 is 11.9 Å². The second-order valence-electron chi connectivity index (χ2n) is 4.56. The van der Waals surface area contributed by atoms with Crippen LogP contribution in [0.5, 0.6) is 5.95 Å². The first-order chi connectivity index (χ1) is 8.93. The molecular formula is C12H15F2NO4. The molecule has 0 radical (unpaired) electrons. The molecule has 1 aliphatic rings. The molecule has 1 heterocycles. The Morgan fingerprint density at radius 2 is 2.16 bits per heavy atom. The van der Waals surface area contributed by atoms with Gasteiger partial charge < -0.3 is 14.3 Å².